The Morgan fingerprint density at radius 3 is 2.16 bits per heavy atom. The number of sulfonamides is 1. The Bertz CT molecular complexity index is 1820. The van der Waals surface area contributed by atoms with Crippen LogP contribution in [0.4, 0.5) is 15.3 Å². The van der Waals surface area contributed by atoms with E-state index in [4.69, 9.17) is 4.74 Å². The first-order chi connectivity index (χ1) is 24.1. The number of carbonyl (C=O) groups is 5. The van der Waals surface area contributed by atoms with Crippen molar-refractivity contribution in [3.05, 3.63) is 67.3 Å². The van der Waals surface area contributed by atoms with Crippen molar-refractivity contribution < 1.29 is 37.1 Å². The number of carbonyl (C=O) groups excluding carboxylic acids is 5. The number of imide groups is 1. The van der Waals surface area contributed by atoms with Gasteiger partial charge in [0, 0.05) is 11.6 Å². The number of rotatable bonds is 11. The molecule has 272 valence electrons. The Morgan fingerprint density at radius 2 is 1.59 bits per heavy atom. The van der Waals surface area contributed by atoms with Crippen LogP contribution in [0.5, 0.6) is 0 Å². The van der Waals surface area contributed by atoms with Crippen LogP contribution in [0.15, 0.2) is 67.3 Å². The predicted molar refractivity (Wildman–Crippen MR) is 190 cm³/mol. The van der Waals surface area contributed by atoms with Crippen molar-refractivity contribution in [3.8, 4) is 11.1 Å². The van der Waals surface area contributed by atoms with Gasteiger partial charge in [-0.2, -0.15) is 0 Å². The van der Waals surface area contributed by atoms with E-state index in [1.54, 1.807) is 32.9 Å². The topological polar surface area (TPSA) is 171 Å². The van der Waals surface area contributed by atoms with Crippen LogP contribution in [-0.4, -0.2) is 78.7 Å². The van der Waals surface area contributed by atoms with E-state index in [2.05, 4.69) is 21.9 Å². The second-order valence-electron chi connectivity index (χ2n) is 15.0. The lowest BCUT2D eigenvalue weighted by Crippen LogP contribution is -2.61. The van der Waals surface area contributed by atoms with Gasteiger partial charge in [-0.05, 0) is 73.6 Å². The van der Waals surface area contributed by atoms with E-state index in [1.165, 1.54) is 11.0 Å². The van der Waals surface area contributed by atoms with E-state index < -0.39 is 74.1 Å². The average Bonchev–Trinajstić information content (AvgIpc) is 3.99. The molecule has 0 unspecified atom stereocenters. The number of nitrogens with one attached hydrogen (secondary N) is 3. The number of amides is 6. The summed E-state index contributed by atoms with van der Waals surface area (Å²) in [5.41, 5.74) is -0.268. The molecule has 51 heavy (non-hydrogen) atoms. The molecule has 2 aromatic carbocycles. The van der Waals surface area contributed by atoms with Gasteiger partial charge < -0.3 is 15.4 Å². The Labute approximate surface area is 298 Å². The van der Waals surface area contributed by atoms with Crippen molar-refractivity contribution in [3.63, 3.8) is 0 Å². The molecule has 4 aliphatic rings. The monoisotopic (exact) mass is 719 g/mol. The lowest BCUT2D eigenvalue weighted by molar-refractivity contribution is -0.140. The highest BCUT2D eigenvalue weighted by Crippen LogP contribution is 2.45. The second kappa shape index (κ2) is 13.8. The largest absolute Gasteiger partial charge is 0.446 e. The fourth-order valence-corrected chi connectivity index (χ4v) is 8.20. The number of urea groups is 1. The summed E-state index contributed by atoms with van der Waals surface area (Å²) < 4.78 is 33.0. The van der Waals surface area contributed by atoms with Gasteiger partial charge in [-0.25, -0.2) is 22.9 Å². The van der Waals surface area contributed by atoms with E-state index in [0.29, 0.717) is 18.5 Å². The molecule has 6 amide bonds. The van der Waals surface area contributed by atoms with Gasteiger partial charge in [0.1, 0.15) is 23.7 Å². The standard InChI is InChI=1S/C37H45N5O8S/c1-5-25-21-37(25,33(45)40-51(48,49)28-19-20-28)39-31(43)29-22-41(26-17-15-24(16-18-26)23-11-7-6-8-12-23)35(47)42(29)32(44)30(36(2,3)4)38-34(46)50-27-13-9-10-14-27/h5-8,11-12,15-18,25,27-30H,1,9-10,13-14,19-22H2,2-4H3,(H,38,46)(H,39,43)(H,40,45)/t25-,29+,30-,37-/m1/s1. The van der Waals surface area contributed by atoms with Crippen LogP contribution < -0.4 is 20.3 Å². The van der Waals surface area contributed by atoms with Gasteiger partial charge >= 0.3 is 12.1 Å². The number of ether oxygens (including phenoxy) is 1. The van der Waals surface area contributed by atoms with E-state index >= 15 is 0 Å². The lowest BCUT2D eigenvalue weighted by atomic mass is 9.85. The van der Waals surface area contributed by atoms with Crippen LogP contribution in [0.3, 0.4) is 0 Å². The Hall–Kier alpha value is -4.72. The number of alkyl carbamates (subject to hydrolysis) is 1. The average molecular weight is 720 g/mol. The molecule has 4 atom stereocenters. The predicted octanol–water partition coefficient (Wildman–Crippen LogP) is 4.24. The highest BCUT2D eigenvalue weighted by molar-refractivity contribution is 7.91. The summed E-state index contributed by atoms with van der Waals surface area (Å²) in [5, 5.41) is 4.69. The fourth-order valence-electron chi connectivity index (χ4n) is 6.84. The minimum absolute atomic E-state index is 0.0900. The first-order valence-corrected chi connectivity index (χ1v) is 19.0. The Balaban J connectivity index is 1.29. The number of benzene rings is 2. The normalized spacial score (nSPS) is 24.1. The molecule has 0 radical (unpaired) electrons. The summed E-state index contributed by atoms with van der Waals surface area (Å²) in [6.07, 6.45) is 4.65. The molecule has 3 saturated carbocycles. The van der Waals surface area contributed by atoms with Crippen LogP contribution in [0.2, 0.25) is 0 Å². The molecule has 0 spiro atoms. The zero-order valence-corrected chi connectivity index (χ0v) is 29.9. The molecular weight excluding hydrogens is 675 g/mol. The third-order valence-electron chi connectivity index (χ3n) is 10.1. The molecule has 1 heterocycles. The minimum Gasteiger partial charge on any atom is -0.446 e. The van der Waals surface area contributed by atoms with Crippen molar-refractivity contribution in [2.45, 2.75) is 94.7 Å². The van der Waals surface area contributed by atoms with Crippen molar-refractivity contribution in [2.75, 3.05) is 11.4 Å². The molecule has 0 bridgehead atoms. The number of anilines is 1. The van der Waals surface area contributed by atoms with E-state index in [0.717, 1.165) is 41.7 Å². The van der Waals surface area contributed by atoms with E-state index in [-0.39, 0.29) is 19.1 Å². The maximum absolute atomic E-state index is 14.5. The molecule has 3 aliphatic carbocycles. The summed E-state index contributed by atoms with van der Waals surface area (Å²) >= 11 is 0. The maximum atomic E-state index is 14.5. The molecular formula is C37H45N5O8S. The van der Waals surface area contributed by atoms with Crippen molar-refractivity contribution >= 4 is 45.6 Å². The molecule has 13 nitrogen and oxygen atoms in total. The molecule has 6 rings (SSSR count). The first-order valence-electron chi connectivity index (χ1n) is 17.4. The summed E-state index contributed by atoms with van der Waals surface area (Å²) in [6.45, 7) is 8.64. The van der Waals surface area contributed by atoms with Crippen LogP contribution in [0.25, 0.3) is 11.1 Å². The number of hydrogen-bond acceptors (Lipinski definition) is 8. The van der Waals surface area contributed by atoms with Crippen LogP contribution in [-0.2, 0) is 29.1 Å². The summed E-state index contributed by atoms with van der Waals surface area (Å²) in [6, 6.07) is 13.2. The molecule has 0 aromatic heterocycles. The maximum Gasteiger partial charge on any atom is 0.408 e. The zero-order valence-electron chi connectivity index (χ0n) is 29.1. The van der Waals surface area contributed by atoms with Gasteiger partial charge in [-0.15, -0.1) is 6.58 Å². The summed E-state index contributed by atoms with van der Waals surface area (Å²) in [7, 11) is -3.93. The van der Waals surface area contributed by atoms with Gasteiger partial charge in [0.25, 0.3) is 11.8 Å². The number of nitrogens with zero attached hydrogens (tertiary/aromatic N) is 2. The molecule has 2 aromatic rings. The van der Waals surface area contributed by atoms with Gasteiger partial charge in [0.15, 0.2) is 0 Å². The summed E-state index contributed by atoms with van der Waals surface area (Å²) in [5.74, 6) is -3.13. The molecule has 4 fully saturated rings. The Morgan fingerprint density at radius 1 is 0.961 bits per heavy atom. The lowest BCUT2D eigenvalue weighted by Gasteiger charge is -2.34. The van der Waals surface area contributed by atoms with Gasteiger partial charge in [-0.3, -0.25) is 24.0 Å². The van der Waals surface area contributed by atoms with Crippen LogP contribution >= 0.6 is 0 Å². The highest BCUT2D eigenvalue weighted by Gasteiger charge is 2.62. The van der Waals surface area contributed by atoms with Gasteiger partial charge in [0.2, 0.25) is 15.9 Å². The van der Waals surface area contributed by atoms with Crippen molar-refractivity contribution in [1.29, 1.82) is 0 Å². The van der Waals surface area contributed by atoms with Gasteiger partial charge in [-0.1, -0.05) is 69.3 Å². The summed E-state index contributed by atoms with van der Waals surface area (Å²) in [4.78, 5) is 71.5. The van der Waals surface area contributed by atoms with Gasteiger partial charge in [0.05, 0.1) is 11.8 Å². The number of hydrogen-bond donors (Lipinski definition) is 3. The Kier molecular flexibility index (Phi) is 9.75. The van der Waals surface area contributed by atoms with Crippen molar-refractivity contribution in [2.24, 2.45) is 11.3 Å². The first kappa shape index (κ1) is 36.1. The second-order valence-corrected chi connectivity index (χ2v) is 16.9. The third-order valence-corrected chi connectivity index (χ3v) is 11.9. The quantitative estimate of drug-likeness (QED) is 0.290. The SMILES string of the molecule is C=C[C@@H]1C[C@]1(NC(=O)[C@@H]1CN(c2ccc(-c3ccccc3)cc2)C(=O)N1C(=O)[C@@H](NC(=O)OC1CCCC1)C(C)(C)C)C(=O)NS(=O)(=O)C1CC1. The molecule has 3 N–H and O–H groups in total. The molecule has 14 heteroatoms. The third kappa shape index (κ3) is 7.51. The fraction of sp³-hybridized carbons (Fsp3) is 0.486. The van der Waals surface area contributed by atoms with E-state index in [1.807, 2.05) is 42.5 Å². The minimum atomic E-state index is -3.93. The van der Waals surface area contributed by atoms with Crippen molar-refractivity contribution in [1.82, 2.24) is 20.3 Å². The highest BCUT2D eigenvalue weighted by atomic mass is 32.2. The van der Waals surface area contributed by atoms with Crippen LogP contribution in [0, 0.1) is 11.3 Å². The smallest absolute Gasteiger partial charge is 0.408 e. The molecule has 1 aliphatic heterocycles. The van der Waals surface area contributed by atoms with E-state index in [9.17, 15) is 32.4 Å². The molecule has 1 saturated heterocycles. The van der Waals surface area contributed by atoms with Crippen LogP contribution in [0.1, 0.15) is 65.7 Å². The zero-order chi connectivity index (χ0) is 36.7.